The number of benzene rings is 1. The van der Waals surface area contributed by atoms with Crippen molar-refractivity contribution < 1.29 is 14.0 Å². The summed E-state index contributed by atoms with van der Waals surface area (Å²) in [7, 11) is 0. The minimum absolute atomic E-state index is 0.140. The molecule has 1 aliphatic carbocycles. The molecule has 8 nitrogen and oxygen atoms in total. The number of nitrogens with one attached hydrogen (secondary N) is 2. The SMILES string of the molecule is O=C(CSc1nnnn1C1CCCC1)NCCNC(=O)Cc1ccc(F)cc1. The van der Waals surface area contributed by atoms with E-state index < -0.39 is 0 Å². The van der Waals surface area contributed by atoms with E-state index in [9.17, 15) is 14.0 Å². The summed E-state index contributed by atoms with van der Waals surface area (Å²) in [6.45, 7) is 0.665. The lowest BCUT2D eigenvalue weighted by Gasteiger charge is -2.11. The molecule has 1 aromatic carbocycles. The zero-order chi connectivity index (χ0) is 19.8. The Kier molecular flexibility index (Phi) is 7.35. The summed E-state index contributed by atoms with van der Waals surface area (Å²) in [6, 6.07) is 6.13. The minimum atomic E-state index is -0.331. The maximum Gasteiger partial charge on any atom is 0.230 e. The average molecular weight is 406 g/mol. The van der Waals surface area contributed by atoms with Crippen LogP contribution in [0.5, 0.6) is 0 Å². The molecule has 0 radical (unpaired) electrons. The van der Waals surface area contributed by atoms with Gasteiger partial charge in [-0.25, -0.2) is 9.07 Å². The van der Waals surface area contributed by atoms with Crippen LogP contribution in [0.2, 0.25) is 0 Å². The van der Waals surface area contributed by atoms with Crippen LogP contribution < -0.4 is 10.6 Å². The van der Waals surface area contributed by atoms with Gasteiger partial charge in [-0.05, 0) is 41.0 Å². The normalized spacial score (nSPS) is 14.2. The number of carbonyl (C=O) groups is 2. The Labute approximate surface area is 166 Å². The smallest absolute Gasteiger partial charge is 0.230 e. The molecule has 10 heteroatoms. The molecule has 1 heterocycles. The minimum Gasteiger partial charge on any atom is -0.354 e. The van der Waals surface area contributed by atoms with E-state index in [1.54, 1.807) is 12.1 Å². The van der Waals surface area contributed by atoms with Gasteiger partial charge in [0.05, 0.1) is 18.2 Å². The predicted octanol–water partition coefficient (Wildman–Crippen LogP) is 1.49. The van der Waals surface area contributed by atoms with E-state index in [0.29, 0.717) is 24.3 Å². The van der Waals surface area contributed by atoms with Crippen molar-refractivity contribution in [2.45, 2.75) is 43.3 Å². The maximum atomic E-state index is 12.8. The van der Waals surface area contributed by atoms with Gasteiger partial charge >= 0.3 is 0 Å². The standard InChI is InChI=1S/C18H23FN6O2S/c19-14-7-5-13(6-8-14)11-16(26)20-9-10-21-17(27)12-28-18-22-23-24-25(18)15-3-1-2-4-15/h5-8,15H,1-4,9-12H2,(H,20,26)(H,21,27). The number of tetrazole rings is 1. The van der Waals surface area contributed by atoms with Gasteiger partial charge in [-0.15, -0.1) is 5.10 Å². The molecule has 0 atom stereocenters. The molecule has 28 heavy (non-hydrogen) atoms. The lowest BCUT2D eigenvalue weighted by Crippen LogP contribution is -2.36. The van der Waals surface area contributed by atoms with Gasteiger partial charge < -0.3 is 10.6 Å². The summed E-state index contributed by atoms with van der Waals surface area (Å²) in [6.07, 6.45) is 4.68. The Morgan fingerprint density at radius 3 is 2.50 bits per heavy atom. The number of amides is 2. The van der Waals surface area contributed by atoms with E-state index >= 15 is 0 Å². The van der Waals surface area contributed by atoms with Crippen LogP contribution in [0.25, 0.3) is 0 Å². The summed E-state index contributed by atoms with van der Waals surface area (Å²) in [5.74, 6) is -0.428. The Morgan fingerprint density at radius 2 is 1.79 bits per heavy atom. The van der Waals surface area contributed by atoms with Crippen molar-refractivity contribution >= 4 is 23.6 Å². The molecular weight excluding hydrogens is 383 g/mol. The predicted molar refractivity (Wildman–Crippen MR) is 102 cm³/mol. The number of aromatic nitrogens is 4. The van der Waals surface area contributed by atoms with Crippen molar-refractivity contribution in [3.63, 3.8) is 0 Å². The fourth-order valence-corrected chi connectivity index (χ4v) is 3.87. The van der Waals surface area contributed by atoms with Crippen molar-refractivity contribution in [3.8, 4) is 0 Å². The topological polar surface area (TPSA) is 102 Å². The Balaban J connectivity index is 1.31. The van der Waals surface area contributed by atoms with Gasteiger partial charge in [-0.2, -0.15) is 0 Å². The zero-order valence-corrected chi connectivity index (χ0v) is 16.3. The highest BCUT2D eigenvalue weighted by molar-refractivity contribution is 7.99. The third kappa shape index (κ3) is 6.01. The van der Waals surface area contributed by atoms with Gasteiger partial charge in [-0.1, -0.05) is 36.7 Å². The Morgan fingerprint density at radius 1 is 1.11 bits per heavy atom. The van der Waals surface area contributed by atoms with Crippen LogP contribution in [0, 0.1) is 5.82 Å². The van der Waals surface area contributed by atoms with Gasteiger partial charge in [0, 0.05) is 13.1 Å². The molecule has 1 saturated carbocycles. The van der Waals surface area contributed by atoms with E-state index in [2.05, 4.69) is 26.2 Å². The highest BCUT2D eigenvalue weighted by Crippen LogP contribution is 2.31. The molecule has 150 valence electrons. The summed E-state index contributed by atoms with van der Waals surface area (Å²) < 4.78 is 14.7. The molecule has 0 bridgehead atoms. The lowest BCUT2D eigenvalue weighted by molar-refractivity contribution is -0.121. The van der Waals surface area contributed by atoms with Crippen LogP contribution in [0.1, 0.15) is 37.3 Å². The van der Waals surface area contributed by atoms with Crippen LogP contribution in [0.15, 0.2) is 29.4 Å². The third-order valence-corrected chi connectivity index (χ3v) is 5.45. The first kappa shape index (κ1) is 20.2. The van der Waals surface area contributed by atoms with Crippen molar-refractivity contribution in [2.75, 3.05) is 18.8 Å². The Bertz CT molecular complexity index is 792. The Hall–Kier alpha value is -2.49. The molecule has 0 saturated heterocycles. The van der Waals surface area contributed by atoms with E-state index in [1.807, 2.05) is 4.68 Å². The number of hydrogen-bond acceptors (Lipinski definition) is 6. The molecule has 1 aliphatic rings. The van der Waals surface area contributed by atoms with Gasteiger partial charge in [0.25, 0.3) is 0 Å². The first-order valence-electron chi connectivity index (χ1n) is 9.30. The molecule has 0 spiro atoms. The highest BCUT2D eigenvalue weighted by Gasteiger charge is 2.22. The van der Waals surface area contributed by atoms with Crippen LogP contribution >= 0.6 is 11.8 Å². The summed E-state index contributed by atoms with van der Waals surface area (Å²) in [5, 5.41) is 17.9. The van der Waals surface area contributed by atoms with Gasteiger partial charge in [0.2, 0.25) is 17.0 Å². The fourth-order valence-electron chi connectivity index (χ4n) is 3.09. The van der Waals surface area contributed by atoms with Crippen molar-refractivity contribution in [3.05, 3.63) is 35.6 Å². The van der Waals surface area contributed by atoms with Crippen molar-refractivity contribution in [1.82, 2.24) is 30.8 Å². The fraction of sp³-hybridized carbons (Fsp3) is 0.500. The molecule has 0 unspecified atom stereocenters. The monoisotopic (exact) mass is 406 g/mol. The number of thioether (sulfide) groups is 1. The molecule has 3 rings (SSSR count). The van der Waals surface area contributed by atoms with E-state index in [4.69, 9.17) is 0 Å². The van der Waals surface area contributed by atoms with Crippen LogP contribution in [0.4, 0.5) is 4.39 Å². The molecule has 0 aliphatic heterocycles. The molecule has 2 amide bonds. The lowest BCUT2D eigenvalue weighted by atomic mass is 10.1. The second-order valence-corrected chi connectivity index (χ2v) is 7.58. The van der Waals surface area contributed by atoms with Gasteiger partial charge in [-0.3, -0.25) is 9.59 Å². The number of rotatable bonds is 9. The molecular formula is C18H23FN6O2S. The summed E-state index contributed by atoms with van der Waals surface area (Å²) in [5.41, 5.74) is 0.735. The zero-order valence-electron chi connectivity index (χ0n) is 15.4. The number of halogens is 1. The van der Waals surface area contributed by atoms with Crippen molar-refractivity contribution in [1.29, 1.82) is 0 Å². The largest absolute Gasteiger partial charge is 0.354 e. The van der Waals surface area contributed by atoms with E-state index in [1.165, 1.54) is 36.7 Å². The van der Waals surface area contributed by atoms with Gasteiger partial charge in [0.15, 0.2) is 0 Å². The second-order valence-electron chi connectivity index (χ2n) is 6.64. The van der Waals surface area contributed by atoms with E-state index in [0.717, 1.165) is 18.4 Å². The maximum absolute atomic E-state index is 12.8. The number of carbonyl (C=O) groups excluding carboxylic acids is 2. The molecule has 2 N–H and O–H groups in total. The highest BCUT2D eigenvalue weighted by atomic mass is 32.2. The molecule has 1 fully saturated rings. The average Bonchev–Trinajstić information content (AvgIpc) is 3.36. The molecule has 2 aromatic rings. The van der Waals surface area contributed by atoms with Crippen LogP contribution in [0.3, 0.4) is 0 Å². The number of nitrogens with zero attached hydrogens (tertiary/aromatic N) is 4. The van der Waals surface area contributed by atoms with Gasteiger partial charge in [0.1, 0.15) is 5.82 Å². The second kappa shape index (κ2) is 10.2. The first-order valence-corrected chi connectivity index (χ1v) is 10.3. The quantitative estimate of drug-likeness (QED) is 0.483. The summed E-state index contributed by atoms with van der Waals surface area (Å²) in [4.78, 5) is 23.8. The number of hydrogen-bond donors (Lipinski definition) is 2. The first-order chi connectivity index (χ1) is 13.6. The van der Waals surface area contributed by atoms with E-state index in [-0.39, 0.29) is 29.8 Å². The van der Waals surface area contributed by atoms with Crippen LogP contribution in [-0.2, 0) is 16.0 Å². The molecule has 1 aromatic heterocycles. The summed E-state index contributed by atoms with van der Waals surface area (Å²) >= 11 is 1.31. The van der Waals surface area contributed by atoms with Crippen LogP contribution in [-0.4, -0.2) is 50.9 Å². The van der Waals surface area contributed by atoms with Crippen molar-refractivity contribution in [2.24, 2.45) is 0 Å². The third-order valence-electron chi connectivity index (χ3n) is 4.51.